The molecule has 26 heavy (non-hydrogen) atoms. The van der Waals surface area contributed by atoms with Gasteiger partial charge in [-0.05, 0) is 45.0 Å². The van der Waals surface area contributed by atoms with E-state index in [-0.39, 0.29) is 0 Å². The van der Waals surface area contributed by atoms with E-state index in [0.717, 1.165) is 32.0 Å². The zero-order chi connectivity index (χ0) is 18.7. The van der Waals surface area contributed by atoms with Crippen LogP contribution < -0.4 is 0 Å². The van der Waals surface area contributed by atoms with Crippen molar-refractivity contribution in [1.82, 2.24) is 19.4 Å². The number of piperidine rings is 1. The highest BCUT2D eigenvalue weighted by Crippen LogP contribution is 2.32. The number of aliphatic carboxylic acids is 1. The maximum atomic E-state index is 12.1. The number of hydrogen-bond acceptors (Lipinski definition) is 4. The second-order valence-corrected chi connectivity index (χ2v) is 7.52. The predicted molar refractivity (Wildman–Crippen MR) is 101 cm³/mol. The van der Waals surface area contributed by atoms with Crippen molar-refractivity contribution in [3.8, 4) is 0 Å². The molecule has 1 N–H and O–H groups in total. The number of aryl methyl sites for hydroxylation is 1. The van der Waals surface area contributed by atoms with Crippen LogP contribution in [0.4, 0.5) is 0 Å². The number of carbonyl (C=O) groups is 1. The molecule has 3 rings (SSSR count). The Balaban J connectivity index is 1.68. The van der Waals surface area contributed by atoms with Crippen LogP contribution in [-0.2, 0) is 23.4 Å². The lowest BCUT2D eigenvalue weighted by Crippen LogP contribution is -2.51. The van der Waals surface area contributed by atoms with Crippen LogP contribution in [0.2, 0.25) is 0 Å². The Labute approximate surface area is 155 Å². The summed E-state index contributed by atoms with van der Waals surface area (Å²) in [4.78, 5) is 20.8. The summed E-state index contributed by atoms with van der Waals surface area (Å²) < 4.78 is 1.84. The van der Waals surface area contributed by atoms with Crippen LogP contribution in [0.3, 0.4) is 0 Å². The van der Waals surface area contributed by atoms with E-state index in [1.54, 1.807) is 12.4 Å². The number of hydrogen-bond donors (Lipinski definition) is 1. The molecule has 0 saturated carbocycles. The monoisotopic (exact) mass is 356 g/mol. The Bertz CT molecular complexity index is 761. The van der Waals surface area contributed by atoms with Gasteiger partial charge < -0.3 is 14.6 Å². The fraction of sp³-hybridized carbons (Fsp3) is 0.500. The molecule has 1 saturated heterocycles. The van der Waals surface area contributed by atoms with E-state index < -0.39 is 11.5 Å². The van der Waals surface area contributed by atoms with E-state index in [1.165, 1.54) is 11.1 Å². The van der Waals surface area contributed by atoms with Crippen molar-refractivity contribution in [2.75, 3.05) is 27.2 Å². The maximum Gasteiger partial charge on any atom is 0.330 e. The summed E-state index contributed by atoms with van der Waals surface area (Å²) in [6.45, 7) is 5.19. The minimum Gasteiger partial charge on any atom is -0.479 e. The Kier molecular flexibility index (Phi) is 5.44. The average Bonchev–Trinajstić information content (AvgIpc) is 3.02. The summed E-state index contributed by atoms with van der Waals surface area (Å²) in [5.74, 6) is 0.00321. The molecule has 1 aromatic heterocycles. The molecule has 1 aliphatic rings. The number of imidazole rings is 1. The Morgan fingerprint density at radius 3 is 2.54 bits per heavy atom. The number of rotatable bonds is 6. The number of benzene rings is 1. The van der Waals surface area contributed by atoms with Gasteiger partial charge in [0.05, 0.1) is 0 Å². The smallest absolute Gasteiger partial charge is 0.330 e. The van der Waals surface area contributed by atoms with Crippen molar-refractivity contribution < 1.29 is 9.90 Å². The fourth-order valence-corrected chi connectivity index (χ4v) is 3.92. The minimum atomic E-state index is -0.871. The Hall–Kier alpha value is -2.18. The summed E-state index contributed by atoms with van der Waals surface area (Å²) in [6, 6.07) is 8.66. The molecular formula is C20H28N4O2. The highest BCUT2D eigenvalue weighted by atomic mass is 16.4. The number of carboxylic acid groups (broad SMARTS) is 1. The van der Waals surface area contributed by atoms with Crippen molar-refractivity contribution in [1.29, 1.82) is 0 Å². The summed E-state index contributed by atoms with van der Waals surface area (Å²) in [5, 5.41) is 9.91. The van der Waals surface area contributed by atoms with Crippen LogP contribution in [0.15, 0.2) is 36.7 Å². The van der Waals surface area contributed by atoms with Gasteiger partial charge >= 0.3 is 5.97 Å². The van der Waals surface area contributed by atoms with Crippen molar-refractivity contribution in [3.63, 3.8) is 0 Å². The van der Waals surface area contributed by atoms with Gasteiger partial charge in [-0.15, -0.1) is 0 Å². The van der Waals surface area contributed by atoms with Crippen molar-refractivity contribution in [3.05, 3.63) is 53.6 Å². The van der Waals surface area contributed by atoms with E-state index in [9.17, 15) is 9.90 Å². The van der Waals surface area contributed by atoms with Crippen LogP contribution in [0.25, 0.3) is 0 Å². The van der Waals surface area contributed by atoms with Crippen LogP contribution in [0, 0.1) is 6.92 Å². The molecule has 1 aliphatic heterocycles. The zero-order valence-corrected chi connectivity index (χ0v) is 15.9. The molecule has 1 aromatic carbocycles. The molecule has 140 valence electrons. The Morgan fingerprint density at radius 2 is 1.96 bits per heavy atom. The molecule has 0 radical (unpaired) electrons. The number of carboxylic acids is 1. The van der Waals surface area contributed by atoms with Gasteiger partial charge in [0.25, 0.3) is 0 Å². The second kappa shape index (κ2) is 7.60. The van der Waals surface area contributed by atoms with E-state index in [4.69, 9.17) is 0 Å². The van der Waals surface area contributed by atoms with Gasteiger partial charge in [-0.2, -0.15) is 0 Å². The first-order valence-corrected chi connectivity index (χ1v) is 9.09. The lowest BCUT2D eigenvalue weighted by Gasteiger charge is -2.40. The van der Waals surface area contributed by atoms with E-state index in [2.05, 4.69) is 53.1 Å². The summed E-state index contributed by atoms with van der Waals surface area (Å²) in [6.07, 6.45) is 4.67. The molecule has 0 amide bonds. The summed E-state index contributed by atoms with van der Waals surface area (Å²) in [5.41, 5.74) is 1.72. The molecule has 0 aliphatic carbocycles. The van der Waals surface area contributed by atoms with Crippen molar-refractivity contribution in [2.45, 2.75) is 38.4 Å². The largest absolute Gasteiger partial charge is 0.479 e. The third-order valence-electron chi connectivity index (χ3n) is 5.26. The number of nitrogens with zero attached hydrogens (tertiary/aromatic N) is 4. The van der Waals surface area contributed by atoms with Crippen LogP contribution in [0.1, 0.15) is 29.8 Å². The zero-order valence-electron chi connectivity index (χ0n) is 15.9. The number of likely N-dealkylation sites (tertiary alicyclic amines) is 1. The molecule has 0 spiro atoms. The van der Waals surface area contributed by atoms with Crippen LogP contribution >= 0.6 is 0 Å². The van der Waals surface area contributed by atoms with Gasteiger partial charge in [-0.3, -0.25) is 4.90 Å². The van der Waals surface area contributed by atoms with Gasteiger partial charge in [0, 0.05) is 38.6 Å². The molecular weight excluding hydrogens is 328 g/mol. The fourth-order valence-electron chi connectivity index (χ4n) is 3.92. The van der Waals surface area contributed by atoms with Crippen LogP contribution in [-0.4, -0.2) is 57.6 Å². The molecule has 2 aromatic rings. The van der Waals surface area contributed by atoms with Gasteiger partial charge in [0.2, 0.25) is 0 Å². The highest BCUT2D eigenvalue weighted by molar-refractivity contribution is 5.77. The molecule has 0 atom stereocenters. The molecule has 6 nitrogen and oxygen atoms in total. The standard InChI is InChI=1S/C20H28N4O2/c1-16-21-9-12-24(16)20(19(25)26)7-10-23(11-8-20)15-18-6-4-5-17(13-18)14-22(2)3/h4-6,9,12-13H,7-8,10-11,14-15H2,1-3H3,(H,25,26). The Morgan fingerprint density at radius 1 is 1.27 bits per heavy atom. The first-order chi connectivity index (χ1) is 12.4. The van der Waals surface area contributed by atoms with E-state index >= 15 is 0 Å². The minimum absolute atomic E-state index is 0.594. The molecule has 0 bridgehead atoms. The average molecular weight is 356 g/mol. The third-order valence-corrected chi connectivity index (χ3v) is 5.26. The molecule has 1 fully saturated rings. The maximum absolute atomic E-state index is 12.1. The SMILES string of the molecule is Cc1nccn1C1(C(=O)O)CCN(Cc2cccc(CN(C)C)c2)CC1. The van der Waals surface area contributed by atoms with Crippen LogP contribution in [0.5, 0.6) is 0 Å². The van der Waals surface area contributed by atoms with Gasteiger partial charge in [-0.1, -0.05) is 24.3 Å². The van der Waals surface area contributed by atoms with Gasteiger partial charge in [0.15, 0.2) is 0 Å². The van der Waals surface area contributed by atoms with Gasteiger partial charge in [-0.25, -0.2) is 9.78 Å². The first kappa shape index (κ1) is 18.6. The van der Waals surface area contributed by atoms with E-state index in [0.29, 0.717) is 12.8 Å². The second-order valence-electron chi connectivity index (χ2n) is 7.52. The third kappa shape index (κ3) is 3.81. The molecule has 0 unspecified atom stereocenters. The normalized spacial score (nSPS) is 17.5. The highest BCUT2D eigenvalue weighted by Gasteiger charge is 2.43. The van der Waals surface area contributed by atoms with Gasteiger partial charge in [0.1, 0.15) is 11.4 Å². The summed E-state index contributed by atoms with van der Waals surface area (Å²) in [7, 11) is 4.14. The number of aromatic nitrogens is 2. The van der Waals surface area contributed by atoms with E-state index in [1.807, 2.05) is 11.5 Å². The predicted octanol–water partition coefficient (Wildman–Crippen LogP) is 2.33. The topological polar surface area (TPSA) is 61.6 Å². The van der Waals surface area contributed by atoms with Crippen molar-refractivity contribution in [2.24, 2.45) is 0 Å². The lowest BCUT2D eigenvalue weighted by molar-refractivity contribution is -0.150. The summed E-state index contributed by atoms with van der Waals surface area (Å²) >= 11 is 0. The van der Waals surface area contributed by atoms with Crippen molar-refractivity contribution >= 4 is 5.97 Å². The lowest BCUT2D eigenvalue weighted by atomic mass is 9.86. The first-order valence-electron chi connectivity index (χ1n) is 9.09. The molecule has 2 heterocycles. The molecule has 6 heteroatoms. The quantitative estimate of drug-likeness (QED) is 0.861.